The first-order valence-corrected chi connectivity index (χ1v) is 28.4. The van der Waals surface area contributed by atoms with E-state index in [4.69, 9.17) is 10.5 Å². The van der Waals surface area contributed by atoms with Crippen LogP contribution in [0.2, 0.25) is 0 Å². The Morgan fingerprint density at radius 2 is 1.07 bits per heavy atom. The molecule has 0 saturated heterocycles. The second-order valence-electron chi connectivity index (χ2n) is 16.0. The topological polar surface area (TPSA) is 544 Å². The number of carbonyl (C=O) groups excluding carboxylic acids is 1. The number of hydrogen-bond acceptors (Lipinski definition) is 26. The minimum absolute atomic E-state index is 0.00482. The zero-order chi connectivity index (χ0) is 59.3. The monoisotopic (exact) mass is 1210 g/mol. The number of aromatic amines is 1. The summed E-state index contributed by atoms with van der Waals surface area (Å²) in [7, 11) is -26.1. The van der Waals surface area contributed by atoms with Crippen LogP contribution in [0.4, 0.5) is 56.9 Å². The van der Waals surface area contributed by atoms with E-state index in [2.05, 4.69) is 46.0 Å². The number of nitro groups is 1. The molecule has 0 aliphatic rings. The van der Waals surface area contributed by atoms with Crippen molar-refractivity contribution >= 4 is 135 Å². The van der Waals surface area contributed by atoms with Crippen molar-refractivity contribution in [1.82, 2.24) is 9.78 Å². The van der Waals surface area contributed by atoms with E-state index < -0.39 is 170 Å². The van der Waals surface area contributed by atoms with Crippen LogP contribution in [0, 0.1) is 10.1 Å². The molecule has 0 saturated carbocycles. The zero-order valence-electron chi connectivity index (χ0n) is 39.2. The highest BCUT2D eigenvalue weighted by Crippen LogP contribution is 2.48. The van der Waals surface area contributed by atoms with Crippen LogP contribution in [0.25, 0.3) is 27.2 Å². The number of nitro benzene ring substituents is 1. The number of H-pyrrole nitrogens is 1. The van der Waals surface area contributed by atoms with Crippen molar-refractivity contribution < 1.29 is 89.5 Å². The lowest BCUT2D eigenvalue weighted by Gasteiger charge is -2.13. The molecule has 10 N–H and O–H groups in total. The fourth-order valence-corrected chi connectivity index (χ4v) is 10.7. The van der Waals surface area contributed by atoms with E-state index in [0.717, 1.165) is 65.3 Å². The van der Waals surface area contributed by atoms with Crippen LogP contribution in [0.3, 0.4) is 0 Å². The van der Waals surface area contributed by atoms with Crippen molar-refractivity contribution in [1.29, 1.82) is 0 Å². The molecule has 1 aromatic heterocycles. The fourth-order valence-electron chi connectivity index (χ4n) is 7.37. The van der Waals surface area contributed by atoms with Gasteiger partial charge in [-0.2, -0.15) is 52.3 Å². The summed E-state index contributed by atoms with van der Waals surface area (Å²) in [6.45, 7) is -0.0368. The van der Waals surface area contributed by atoms with Gasteiger partial charge in [0.2, 0.25) is 11.6 Å². The van der Waals surface area contributed by atoms with Crippen molar-refractivity contribution in [3.8, 4) is 23.1 Å². The Bertz CT molecular complexity index is 4800. The molecule has 7 aromatic carbocycles. The van der Waals surface area contributed by atoms with Gasteiger partial charge in [0.25, 0.3) is 62.8 Å². The summed E-state index contributed by atoms with van der Waals surface area (Å²) in [6.07, 6.45) is 0. The first-order chi connectivity index (χ1) is 37.8. The number of benzene rings is 7. The maximum atomic E-state index is 13.2. The summed E-state index contributed by atoms with van der Waals surface area (Å²) in [4.78, 5) is 29.4. The molecule has 81 heavy (non-hydrogen) atoms. The number of nitrogens with two attached hydrogens (primary N) is 1. The molecule has 1 heterocycles. The molecule has 0 atom stereocenters. The maximum Gasteiger partial charge on any atom is 0.303 e. The van der Waals surface area contributed by atoms with E-state index in [0.29, 0.717) is 18.2 Å². The summed E-state index contributed by atoms with van der Waals surface area (Å²) in [5.74, 6) is -2.68. The van der Waals surface area contributed by atoms with E-state index in [1.165, 1.54) is 24.3 Å². The van der Waals surface area contributed by atoms with E-state index in [9.17, 15) is 94.8 Å². The zero-order valence-corrected chi connectivity index (χ0v) is 43.3. The van der Waals surface area contributed by atoms with Crippen LogP contribution in [0.5, 0.6) is 17.4 Å². The van der Waals surface area contributed by atoms with Crippen molar-refractivity contribution in [2.45, 2.75) is 24.5 Å². The first kappa shape index (κ1) is 57.5. The quantitative estimate of drug-likeness (QED) is 0.0105. The van der Waals surface area contributed by atoms with Crippen molar-refractivity contribution in [2.24, 2.45) is 40.9 Å². The number of hydrogen-bond donors (Lipinski definition) is 9. The Balaban J connectivity index is 1.14. The van der Waals surface area contributed by atoms with Gasteiger partial charge in [0.1, 0.15) is 48.0 Å². The number of aromatic hydroxyl groups is 2. The summed E-state index contributed by atoms with van der Waals surface area (Å²) < 4.78 is 179. The molecule has 0 radical (unpaired) electrons. The second-order valence-corrected chi connectivity index (χ2v) is 22.9. The number of nitrogens with zero attached hydrogens (tertiary/aromatic N) is 10. The molecule has 0 aliphatic carbocycles. The number of fused-ring (bicyclic) bond motifs is 2. The first-order valence-electron chi connectivity index (χ1n) is 21.2. The average molecular weight is 1210 g/mol. The van der Waals surface area contributed by atoms with Crippen LogP contribution in [0.1, 0.15) is 0 Å². The highest BCUT2D eigenvalue weighted by Gasteiger charge is 2.29. The van der Waals surface area contributed by atoms with Gasteiger partial charge in [-0.3, -0.25) is 47.6 Å². The molecule has 0 unspecified atom stereocenters. The Hall–Kier alpha value is -9.71. The minimum atomic E-state index is -5.60. The third-order valence-electron chi connectivity index (χ3n) is 10.9. The summed E-state index contributed by atoms with van der Waals surface area (Å²) in [5, 5.41) is 63.8. The number of anilines is 1. The number of phenols is 2. The largest absolute Gasteiger partial charge is 0.505 e. The van der Waals surface area contributed by atoms with Gasteiger partial charge < -0.3 is 20.7 Å². The molecule has 418 valence electrons. The Morgan fingerprint density at radius 1 is 0.543 bits per heavy atom. The van der Waals surface area contributed by atoms with Gasteiger partial charge in [0.15, 0.2) is 11.5 Å². The number of nitrogens with one attached hydrogen (secondary N) is 1. The number of non-ortho nitro benzene ring substituents is 1. The summed E-state index contributed by atoms with van der Waals surface area (Å²) in [5.41, 5.74) is -0.698. The third-order valence-corrected chi connectivity index (χ3v) is 15.4. The molecular formula is C42H28N12O22S5. The predicted molar refractivity (Wildman–Crippen MR) is 274 cm³/mol. The van der Waals surface area contributed by atoms with Gasteiger partial charge in [-0.15, -0.1) is 30.7 Å². The lowest BCUT2D eigenvalue weighted by atomic mass is 10.1. The van der Waals surface area contributed by atoms with Gasteiger partial charge in [0.05, 0.1) is 38.0 Å². The van der Waals surface area contributed by atoms with Crippen LogP contribution >= 0.6 is 0 Å². The molecule has 8 rings (SSSR count). The number of carbonyl (C=O) groups is 1. The number of nitrogen functional groups attached to an aromatic ring is 1. The van der Waals surface area contributed by atoms with Crippen LogP contribution in [-0.2, 0) is 55.4 Å². The maximum absolute atomic E-state index is 13.2. The molecule has 39 heteroatoms. The van der Waals surface area contributed by atoms with Crippen molar-refractivity contribution in [3.63, 3.8) is 0 Å². The highest BCUT2D eigenvalue weighted by atomic mass is 32.2. The van der Waals surface area contributed by atoms with Crippen molar-refractivity contribution in [3.05, 3.63) is 124 Å². The number of azo groups is 4. The molecule has 34 nitrogen and oxygen atoms in total. The molecule has 0 spiro atoms. The number of aromatic nitrogens is 2. The van der Waals surface area contributed by atoms with Crippen LogP contribution < -0.4 is 16.0 Å². The van der Waals surface area contributed by atoms with Gasteiger partial charge in [-0.25, -0.2) is 4.68 Å². The number of ether oxygens (including phenoxy) is 1. The Kier molecular flexibility index (Phi) is 15.0. The SMILES string of the molecule is Nc1c(N=Nc2ccc3c(O)c(N=Nc4ccc(N=Nc5c(OC=O)[nH]n(-c6ccc(S(=O)(=O)O)cc6)c5=O)cc4)c(S(=O)(=O)O)cc3c2S(=O)(=O)O)cc(S(=O)(=O)O)c2ccc(N=Nc3ccc([N+](=O)[O-])cc3S(=O)(=O)O)c(O)c12. The highest BCUT2D eigenvalue weighted by molar-refractivity contribution is 7.87. The predicted octanol–water partition coefficient (Wildman–Crippen LogP) is 7.80. The number of phenolic OH excluding ortho intramolecular Hbond substituents is 2. The molecule has 8 aromatic rings. The van der Waals surface area contributed by atoms with E-state index in [1.807, 2.05) is 0 Å². The van der Waals surface area contributed by atoms with Crippen LogP contribution in [-0.4, -0.2) is 96.2 Å². The van der Waals surface area contributed by atoms with Gasteiger partial charge in [0, 0.05) is 28.3 Å². The van der Waals surface area contributed by atoms with Gasteiger partial charge in [-0.1, -0.05) is 6.07 Å². The molecule has 0 fully saturated rings. The standard InChI is InChI=1S/C42H28N12O22S5/c43-35-30(17-31(78(64,65)66)25-11-13-28(39(57)34(25)35)47-46-27-12-7-22(54(59)60)15-32(27)79(67,68)69)49-48-29-14-10-24-26(40(29)81(73,74)75)16-33(80(70,71)72)36(38(24)56)50-44-19-1-3-20(4-2-19)45-51-37-41(76-18-55)52-53(42(37)58)21-5-8-23(9-6-21)77(61,62)63/h1-18,52,56-57H,43H2,(H,61,62,63)(H,64,65,66)(H,67,68,69)(H,70,71,72)(H,73,74,75). The fraction of sp³-hybridized carbons (Fsp3) is 0. The smallest absolute Gasteiger partial charge is 0.303 e. The number of rotatable bonds is 17. The lowest BCUT2D eigenvalue weighted by Crippen LogP contribution is -2.14. The lowest BCUT2D eigenvalue weighted by molar-refractivity contribution is -0.385. The molecule has 0 bridgehead atoms. The Morgan fingerprint density at radius 3 is 1.63 bits per heavy atom. The van der Waals surface area contributed by atoms with Gasteiger partial charge in [-0.05, 0) is 84.9 Å². The summed E-state index contributed by atoms with van der Waals surface area (Å²) >= 11 is 0. The van der Waals surface area contributed by atoms with Gasteiger partial charge >= 0.3 is 5.56 Å². The van der Waals surface area contributed by atoms with E-state index >= 15 is 0 Å². The van der Waals surface area contributed by atoms with E-state index in [-0.39, 0.29) is 23.5 Å². The van der Waals surface area contributed by atoms with E-state index in [1.54, 1.807) is 0 Å². The second kappa shape index (κ2) is 21.2. The summed E-state index contributed by atoms with van der Waals surface area (Å²) in [6, 6.07) is 15.7. The molecular weight excluding hydrogens is 1180 g/mol. The van der Waals surface area contributed by atoms with Crippen LogP contribution in [0.15, 0.2) is 173 Å². The third kappa shape index (κ3) is 11.9. The minimum Gasteiger partial charge on any atom is -0.505 e. The molecule has 0 aliphatic heterocycles. The molecule has 0 amide bonds. The Labute approximate surface area is 450 Å². The van der Waals surface area contributed by atoms with Crippen molar-refractivity contribution in [2.75, 3.05) is 5.73 Å². The normalized spacial score (nSPS) is 12.9. The average Bonchev–Trinajstić information content (AvgIpc) is 3.69.